The third-order valence-corrected chi connectivity index (χ3v) is 5.52. The Morgan fingerprint density at radius 3 is 2.60 bits per heavy atom. The van der Waals surface area contributed by atoms with Gasteiger partial charge in [0, 0.05) is 28.0 Å². The summed E-state index contributed by atoms with van der Waals surface area (Å²) in [4.78, 5) is 12.4. The van der Waals surface area contributed by atoms with Gasteiger partial charge in [-0.1, -0.05) is 0 Å². The number of halogens is 1. The van der Waals surface area contributed by atoms with Crippen LogP contribution in [-0.2, 0) is 0 Å². The van der Waals surface area contributed by atoms with Gasteiger partial charge in [-0.05, 0) is 67.8 Å². The molecule has 0 atom stereocenters. The maximum absolute atomic E-state index is 12.4. The first-order valence-electron chi connectivity index (χ1n) is 7.22. The van der Waals surface area contributed by atoms with Crippen LogP contribution in [0.1, 0.15) is 56.1 Å². The van der Waals surface area contributed by atoms with E-state index < -0.39 is 0 Å². The van der Waals surface area contributed by atoms with E-state index in [0.717, 1.165) is 28.3 Å². The Morgan fingerprint density at radius 2 is 2.05 bits per heavy atom. The molecule has 0 unspecified atom stereocenters. The van der Waals surface area contributed by atoms with Crippen molar-refractivity contribution >= 4 is 33.6 Å². The molecule has 1 amide bonds. The first-order valence-corrected chi connectivity index (χ1v) is 9.30. The summed E-state index contributed by atoms with van der Waals surface area (Å²) in [5.41, 5.74) is 0.749. The van der Waals surface area contributed by atoms with Gasteiger partial charge in [-0.2, -0.15) is 11.8 Å². The summed E-state index contributed by atoms with van der Waals surface area (Å²) in [6, 6.07) is 2.53. The van der Waals surface area contributed by atoms with E-state index in [4.69, 9.17) is 0 Å². The second kappa shape index (κ2) is 7.03. The Kier molecular flexibility index (Phi) is 5.61. The second-order valence-electron chi connectivity index (χ2n) is 5.73. The van der Waals surface area contributed by atoms with Crippen molar-refractivity contribution in [1.82, 2.24) is 9.88 Å². The van der Waals surface area contributed by atoms with E-state index in [1.54, 1.807) is 0 Å². The third-order valence-electron chi connectivity index (χ3n) is 3.95. The molecule has 0 aliphatic heterocycles. The maximum atomic E-state index is 12.4. The molecule has 1 fully saturated rings. The molecule has 0 saturated heterocycles. The monoisotopic (exact) mass is 358 g/mol. The number of carbonyl (C=O) groups excluding carboxylic acids is 1. The number of rotatable bonds is 4. The molecule has 20 heavy (non-hydrogen) atoms. The van der Waals surface area contributed by atoms with E-state index in [1.807, 2.05) is 28.6 Å². The van der Waals surface area contributed by atoms with Crippen LogP contribution in [0.5, 0.6) is 0 Å². The zero-order chi connectivity index (χ0) is 14.7. The number of aromatic nitrogens is 1. The highest BCUT2D eigenvalue weighted by Crippen LogP contribution is 2.27. The van der Waals surface area contributed by atoms with Crippen molar-refractivity contribution in [3.8, 4) is 0 Å². The molecule has 0 spiro atoms. The standard InChI is InChI=1S/C15H23BrN2OS/c1-10(2)18-9-11(16)8-14(18)15(19)17-12-4-6-13(20-3)7-5-12/h8-10,12-13H,4-7H2,1-3H3,(H,17,19). The smallest absolute Gasteiger partial charge is 0.268 e. The van der Waals surface area contributed by atoms with E-state index in [0.29, 0.717) is 6.04 Å². The van der Waals surface area contributed by atoms with E-state index in [1.165, 1.54) is 12.8 Å². The lowest BCUT2D eigenvalue weighted by molar-refractivity contribution is 0.0917. The topological polar surface area (TPSA) is 34.0 Å². The summed E-state index contributed by atoms with van der Waals surface area (Å²) in [5.74, 6) is 0.0528. The number of carbonyl (C=O) groups is 1. The molecule has 0 bridgehead atoms. The van der Waals surface area contributed by atoms with E-state index in [-0.39, 0.29) is 11.9 Å². The van der Waals surface area contributed by atoms with Crippen LogP contribution < -0.4 is 5.32 Å². The summed E-state index contributed by atoms with van der Waals surface area (Å²) in [6.45, 7) is 4.18. The van der Waals surface area contributed by atoms with Crippen LogP contribution >= 0.6 is 27.7 Å². The van der Waals surface area contributed by atoms with Crippen molar-refractivity contribution in [2.75, 3.05) is 6.26 Å². The van der Waals surface area contributed by atoms with Gasteiger partial charge in [0.15, 0.2) is 0 Å². The highest BCUT2D eigenvalue weighted by atomic mass is 79.9. The van der Waals surface area contributed by atoms with Crippen LogP contribution in [0.3, 0.4) is 0 Å². The van der Waals surface area contributed by atoms with Gasteiger partial charge in [0.1, 0.15) is 5.69 Å². The quantitative estimate of drug-likeness (QED) is 0.873. The van der Waals surface area contributed by atoms with Crippen molar-refractivity contribution in [1.29, 1.82) is 0 Å². The second-order valence-corrected chi connectivity index (χ2v) is 7.78. The van der Waals surface area contributed by atoms with Crippen LogP contribution in [-0.4, -0.2) is 28.0 Å². The van der Waals surface area contributed by atoms with E-state index >= 15 is 0 Å². The number of nitrogens with zero attached hydrogens (tertiary/aromatic N) is 1. The Morgan fingerprint density at radius 1 is 1.40 bits per heavy atom. The van der Waals surface area contributed by atoms with Crippen molar-refractivity contribution in [3.63, 3.8) is 0 Å². The van der Waals surface area contributed by atoms with Gasteiger partial charge in [0.2, 0.25) is 0 Å². The molecule has 1 aromatic heterocycles. The molecule has 112 valence electrons. The first-order chi connectivity index (χ1) is 9.51. The fourth-order valence-electron chi connectivity index (χ4n) is 2.76. The molecule has 3 nitrogen and oxygen atoms in total. The molecule has 0 radical (unpaired) electrons. The molecular formula is C15H23BrN2OS. The molecule has 2 rings (SSSR count). The van der Waals surface area contributed by atoms with Gasteiger partial charge in [0.25, 0.3) is 5.91 Å². The normalized spacial score (nSPS) is 23.1. The van der Waals surface area contributed by atoms with Crippen LogP contribution in [0, 0.1) is 0 Å². The van der Waals surface area contributed by atoms with Crippen LogP contribution in [0.4, 0.5) is 0 Å². The van der Waals surface area contributed by atoms with Gasteiger partial charge < -0.3 is 9.88 Å². The van der Waals surface area contributed by atoms with Crippen LogP contribution in [0.15, 0.2) is 16.7 Å². The lowest BCUT2D eigenvalue weighted by atomic mass is 9.95. The van der Waals surface area contributed by atoms with Crippen LogP contribution in [0.2, 0.25) is 0 Å². The predicted octanol–water partition coefficient (Wildman–Crippen LogP) is 4.24. The maximum Gasteiger partial charge on any atom is 0.268 e. The van der Waals surface area contributed by atoms with Crippen molar-refractivity contribution in [2.45, 2.75) is 56.9 Å². The SMILES string of the molecule is CSC1CCC(NC(=O)c2cc(Br)cn2C(C)C)CC1. The number of hydrogen-bond acceptors (Lipinski definition) is 2. The number of hydrogen-bond donors (Lipinski definition) is 1. The van der Waals surface area contributed by atoms with Crippen LogP contribution in [0.25, 0.3) is 0 Å². The third kappa shape index (κ3) is 3.82. The molecular weight excluding hydrogens is 336 g/mol. The van der Waals surface area contributed by atoms with E-state index in [2.05, 4.69) is 41.3 Å². The summed E-state index contributed by atoms with van der Waals surface area (Å²) < 4.78 is 2.98. The van der Waals surface area contributed by atoms with Gasteiger partial charge in [-0.15, -0.1) is 0 Å². The highest BCUT2D eigenvalue weighted by Gasteiger charge is 2.23. The molecule has 1 aromatic rings. The van der Waals surface area contributed by atoms with Crippen molar-refractivity contribution < 1.29 is 4.79 Å². The lowest BCUT2D eigenvalue weighted by Gasteiger charge is -2.28. The Balaban J connectivity index is 1.99. The highest BCUT2D eigenvalue weighted by molar-refractivity contribution is 9.10. The van der Waals surface area contributed by atoms with Crippen molar-refractivity contribution in [2.24, 2.45) is 0 Å². The summed E-state index contributed by atoms with van der Waals surface area (Å²) in [7, 11) is 0. The summed E-state index contributed by atoms with van der Waals surface area (Å²) in [5, 5.41) is 3.97. The molecule has 1 saturated carbocycles. The minimum Gasteiger partial charge on any atom is -0.348 e. The largest absolute Gasteiger partial charge is 0.348 e. The van der Waals surface area contributed by atoms with Gasteiger partial charge in [-0.25, -0.2) is 0 Å². The average molecular weight is 359 g/mol. The number of amides is 1. The minimum absolute atomic E-state index is 0.0528. The van der Waals surface area contributed by atoms with E-state index in [9.17, 15) is 4.79 Å². The molecule has 1 aliphatic rings. The Hall–Kier alpha value is -0.420. The molecule has 5 heteroatoms. The summed E-state index contributed by atoms with van der Waals surface area (Å²) >= 11 is 5.41. The lowest BCUT2D eigenvalue weighted by Crippen LogP contribution is -2.39. The average Bonchev–Trinajstić information content (AvgIpc) is 2.82. The van der Waals surface area contributed by atoms with Crippen molar-refractivity contribution in [3.05, 3.63) is 22.4 Å². The Labute approximate surface area is 134 Å². The van der Waals surface area contributed by atoms with Gasteiger partial charge in [-0.3, -0.25) is 4.79 Å². The van der Waals surface area contributed by atoms with Gasteiger partial charge >= 0.3 is 0 Å². The molecule has 1 aliphatic carbocycles. The minimum atomic E-state index is 0.0528. The number of thioether (sulfide) groups is 1. The zero-order valence-electron chi connectivity index (χ0n) is 12.4. The first kappa shape index (κ1) is 16.0. The molecule has 0 aromatic carbocycles. The van der Waals surface area contributed by atoms with Gasteiger partial charge in [0.05, 0.1) is 0 Å². The molecule has 1 N–H and O–H groups in total. The Bertz CT molecular complexity index is 464. The fourth-order valence-corrected chi connectivity index (χ4v) is 3.94. The summed E-state index contributed by atoms with van der Waals surface area (Å²) in [6.07, 6.45) is 8.77. The zero-order valence-corrected chi connectivity index (χ0v) is 14.8. The fraction of sp³-hybridized carbons (Fsp3) is 0.667. The molecule has 1 heterocycles. The number of nitrogens with one attached hydrogen (secondary N) is 1. The predicted molar refractivity (Wildman–Crippen MR) is 89.5 cm³/mol.